The molecule has 0 fully saturated rings. The van der Waals surface area contributed by atoms with E-state index in [2.05, 4.69) is 10.3 Å². The van der Waals surface area contributed by atoms with Gasteiger partial charge in [-0.25, -0.2) is 4.98 Å². The molecule has 1 N–H and O–H groups in total. The summed E-state index contributed by atoms with van der Waals surface area (Å²) in [6.45, 7) is 2.03. The highest BCUT2D eigenvalue weighted by atomic mass is 16.1. The summed E-state index contributed by atoms with van der Waals surface area (Å²) in [6.07, 6.45) is 6.14. The van der Waals surface area contributed by atoms with Gasteiger partial charge in [0, 0.05) is 23.8 Å². The topological polar surface area (TPSA) is 46.9 Å². The van der Waals surface area contributed by atoms with Crippen molar-refractivity contribution < 1.29 is 4.79 Å². The standard InChI is InChI=1S/C19H19N3O/c1-2-18(15-6-4-3-5-7-15)19(23)21-16-8-10-17(11-9-16)22-13-12-20-14-22/h3-14,18H,2H2,1H3,(H,21,23). The number of nitrogens with one attached hydrogen (secondary N) is 1. The van der Waals surface area contributed by atoms with Gasteiger partial charge in [-0.05, 0) is 36.2 Å². The van der Waals surface area contributed by atoms with Gasteiger partial charge in [0.05, 0.1) is 12.2 Å². The second-order valence-electron chi connectivity index (χ2n) is 5.38. The van der Waals surface area contributed by atoms with Gasteiger partial charge in [0.15, 0.2) is 0 Å². The largest absolute Gasteiger partial charge is 0.326 e. The smallest absolute Gasteiger partial charge is 0.231 e. The van der Waals surface area contributed by atoms with Crippen LogP contribution in [0, 0.1) is 0 Å². The number of hydrogen-bond donors (Lipinski definition) is 1. The Hall–Kier alpha value is -2.88. The van der Waals surface area contributed by atoms with E-state index in [9.17, 15) is 4.79 Å². The number of hydrogen-bond acceptors (Lipinski definition) is 2. The molecule has 2 aromatic carbocycles. The van der Waals surface area contributed by atoms with Crippen LogP contribution < -0.4 is 5.32 Å². The van der Waals surface area contributed by atoms with Gasteiger partial charge in [0.1, 0.15) is 0 Å². The van der Waals surface area contributed by atoms with Crippen molar-refractivity contribution in [3.63, 3.8) is 0 Å². The lowest BCUT2D eigenvalue weighted by Crippen LogP contribution is -2.20. The van der Waals surface area contributed by atoms with Gasteiger partial charge in [0.25, 0.3) is 0 Å². The number of carbonyl (C=O) groups is 1. The van der Waals surface area contributed by atoms with Crippen LogP contribution >= 0.6 is 0 Å². The van der Waals surface area contributed by atoms with Crippen molar-refractivity contribution in [2.24, 2.45) is 0 Å². The first-order chi connectivity index (χ1) is 11.3. The number of nitrogens with zero attached hydrogens (tertiary/aromatic N) is 2. The zero-order valence-electron chi connectivity index (χ0n) is 13.0. The van der Waals surface area contributed by atoms with Crippen LogP contribution in [0.15, 0.2) is 73.3 Å². The van der Waals surface area contributed by atoms with Crippen LogP contribution in [0.3, 0.4) is 0 Å². The third-order valence-corrected chi connectivity index (χ3v) is 3.86. The van der Waals surface area contributed by atoms with Gasteiger partial charge >= 0.3 is 0 Å². The van der Waals surface area contributed by atoms with Crippen LogP contribution in [-0.4, -0.2) is 15.5 Å². The number of aromatic nitrogens is 2. The van der Waals surface area contributed by atoms with Crippen molar-refractivity contribution in [3.05, 3.63) is 78.9 Å². The monoisotopic (exact) mass is 305 g/mol. The molecule has 1 atom stereocenters. The number of rotatable bonds is 5. The molecule has 0 saturated heterocycles. The molecule has 23 heavy (non-hydrogen) atoms. The van der Waals surface area contributed by atoms with Crippen LogP contribution in [0.1, 0.15) is 24.8 Å². The van der Waals surface area contributed by atoms with E-state index in [1.807, 2.05) is 72.3 Å². The summed E-state index contributed by atoms with van der Waals surface area (Å²) in [4.78, 5) is 16.6. The molecule has 1 amide bonds. The van der Waals surface area contributed by atoms with Crippen LogP contribution in [0.4, 0.5) is 5.69 Å². The Morgan fingerprint density at radius 3 is 2.48 bits per heavy atom. The van der Waals surface area contributed by atoms with Crippen molar-refractivity contribution >= 4 is 11.6 Å². The summed E-state index contributed by atoms with van der Waals surface area (Å²) < 4.78 is 1.92. The average molecular weight is 305 g/mol. The lowest BCUT2D eigenvalue weighted by atomic mass is 9.95. The molecular formula is C19H19N3O. The SMILES string of the molecule is CCC(C(=O)Nc1ccc(-n2ccnc2)cc1)c1ccccc1. The molecule has 0 saturated carbocycles. The molecule has 3 aromatic rings. The van der Waals surface area contributed by atoms with E-state index in [0.29, 0.717) is 0 Å². The molecule has 4 heteroatoms. The molecule has 0 aliphatic rings. The zero-order chi connectivity index (χ0) is 16.1. The van der Waals surface area contributed by atoms with E-state index >= 15 is 0 Å². The summed E-state index contributed by atoms with van der Waals surface area (Å²) in [5.74, 6) is -0.112. The van der Waals surface area contributed by atoms with Crippen LogP contribution in [0.5, 0.6) is 0 Å². The predicted octanol–water partition coefficient (Wildman–Crippen LogP) is 4.00. The van der Waals surface area contributed by atoms with Crippen LogP contribution in [-0.2, 0) is 4.79 Å². The molecule has 3 rings (SSSR count). The van der Waals surface area contributed by atoms with E-state index in [0.717, 1.165) is 23.4 Å². The minimum Gasteiger partial charge on any atom is -0.326 e. The van der Waals surface area contributed by atoms with E-state index in [1.165, 1.54) is 0 Å². The molecule has 0 aliphatic carbocycles. The summed E-state index contributed by atoms with van der Waals surface area (Å²) >= 11 is 0. The van der Waals surface area contributed by atoms with Gasteiger partial charge in [-0.15, -0.1) is 0 Å². The quantitative estimate of drug-likeness (QED) is 0.774. The third-order valence-electron chi connectivity index (χ3n) is 3.86. The maximum absolute atomic E-state index is 12.5. The maximum Gasteiger partial charge on any atom is 0.231 e. The normalized spacial score (nSPS) is 11.9. The van der Waals surface area contributed by atoms with Gasteiger partial charge in [-0.3, -0.25) is 4.79 Å². The number of benzene rings is 2. The Labute approximate surface area is 135 Å². The van der Waals surface area contributed by atoms with Gasteiger partial charge < -0.3 is 9.88 Å². The fourth-order valence-electron chi connectivity index (χ4n) is 2.62. The summed E-state index contributed by atoms with van der Waals surface area (Å²) in [6, 6.07) is 17.6. The third kappa shape index (κ3) is 3.48. The van der Waals surface area contributed by atoms with Crippen molar-refractivity contribution in [2.75, 3.05) is 5.32 Å². The van der Waals surface area contributed by atoms with E-state index in [1.54, 1.807) is 12.5 Å². The fraction of sp³-hybridized carbons (Fsp3) is 0.158. The van der Waals surface area contributed by atoms with Crippen molar-refractivity contribution in [1.29, 1.82) is 0 Å². The number of imidazole rings is 1. The maximum atomic E-state index is 12.5. The highest BCUT2D eigenvalue weighted by Gasteiger charge is 2.18. The molecule has 4 nitrogen and oxygen atoms in total. The molecule has 1 unspecified atom stereocenters. The molecule has 1 heterocycles. The van der Waals surface area contributed by atoms with E-state index in [-0.39, 0.29) is 11.8 Å². The lowest BCUT2D eigenvalue weighted by molar-refractivity contribution is -0.117. The van der Waals surface area contributed by atoms with Crippen molar-refractivity contribution in [2.45, 2.75) is 19.3 Å². The Morgan fingerprint density at radius 2 is 1.87 bits per heavy atom. The second kappa shape index (κ2) is 6.92. The Balaban J connectivity index is 1.72. The molecular weight excluding hydrogens is 286 g/mol. The van der Waals surface area contributed by atoms with E-state index in [4.69, 9.17) is 0 Å². The first-order valence-electron chi connectivity index (χ1n) is 7.72. The number of amides is 1. The predicted molar refractivity (Wildman–Crippen MR) is 91.7 cm³/mol. The minimum atomic E-state index is -0.135. The summed E-state index contributed by atoms with van der Waals surface area (Å²) in [7, 11) is 0. The molecule has 0 aliphatic heterocycles. The minimum absolute atomic E-state index is 0.0223. The number of carbonyl (C=O) groups excluding carboxylic acids is 1. The fourth-order valence-corrected chi connectivity index (χ4v) is 2.62. The van der Waals surface area contributed by atoms with E-state index < -0.39 is 0 Å². The molecule has 116 valence electrons. The first kappa shape index (κ1) is 15.0. The average Bonchev–Trinajstić information content (AvgIpc) is 3.12. The Bertz CT molecular complexity index is 749. The number of anilines is 1. The zero-order valence-corrected chi connectivity index (χ0v) is 13.0. The molecule has 0 bridgehead atoms. The summed E-state index contributed by atoms with van der Waals surface area (Å²) in [5.41, 5.74) is 2.85. The summed E-state index contributed by atoms with van der Waals surface area (Å²) in [5, 5.41) is 3.00. The van der Waals surface area contributed by atoms with Gasteiger partial charge in [0.2, 0.25) is 5.91 Å². The molecule has 0 spiro atoms. The first-order valence-corrected chi connectivity index (χ1v) is 7.72. The van der Waals surface area contributed by atoms with Crippen molar-refractivity contribution in [1.82, 2.24) is 9.55 Å². The highest BCUT2D eigenvalue weighted by Crippen LogP contribution is 2.22. The van der Waals surface area contributed by atoms with Crippen molar-refractivity contribution in [3.8, 4) is 5.69 Å². The lowest BCUT2D eigenvalue weighted by Gasteiger charge is -2.15. The molecule has 1 aromatic heterocycles. The van der Waals surface area contributed by atoms with Gasteiger partial charge in [-0.1, -0.05) is 37.3 Å². The Morgan fingerprint density at radius 1 is 1.13 bits per heavy atom. The van der Waals surface area contributed by atoms with Crippen LogP contribution in [0.2, 0.25) is 0 Å². The second-order valence-corrected chi connectivity index (χ2v) is 5.38. The van der Waals surface area contributed by atoms with Crippen LogP contribution in [0.25, 0.3) is 5.69 Å². The molecule has 0 radical (unpaired) electrons. The van der Waals surface area contributed by atoms with Gasteiger partial charge in [-0.2, -0.15) is 0 Å². The highest BCUT2D eigenvalue weighted by molar-refractivity contribution is 5.95. The Kier molecular flexibility index (Phi) is 4.52.